The van der Waals surface area contributed by atoms with E-state index in [4.69, 9.17) is 0 Å². The maximum absolute atomic E-state index is 12.2. The fourth-order valence-electron chi connectivity index (χ4n) is 2.63. The zero-order valence-corrected chi connectivity index (χ0v) is 12.3. The first-order valence-electron chi connectivity index (χ1n) is 6.99. The van der Waals surface area contributed by atoms with E-state index in [1.807, 2.05) is 25.6 Å². The molecule has 1 saturated heterocycles. The highest BCUT2D eigenvalue weighted by Gasteiger charge is 2.22. The Balaban J connectivity index is 1.95. The highest BCUT2D eigenvalue weighted by atomic mass is 16.1. The summed E-state index contributed by atoms with van der Waals surface area (Å²) in [5, 5.41) is 10.8. The number of hydrogen-bond acceptors (Lipinski definition) is 3. The third kappa shape index (κ3) is 3.15. The first-order chi connectivity index (χ1) is 8.99. The van der Waals surface area contributed by atoms with Crippen LogP contribution >= 0.6 is 0 Å². The molecule has 1 fully saturated rings. The van der Waals surface area contributed by atoms with Crippen molar-refractivity contribution in [1.82, 2.24) is 20.4 Å². The number of carbonyl (C=O) groups excluding carboxylic acids is 1. The summed E-state index contributed by atoms with van der Waals surface area (Å²) in [4.78, 5) is 12.2. The molecule has 19 heavy (non-hydrogen) atoms. The predicted octanol–water partition coefficient (Wildman–Crippen LogP) is 0.694. The molecule has 1 amide bonds. The van der Waals surface area contributed by atoms with Crippen molar-refractivity contribution >= 4 is 5.91 Å². The van der Waals surface area contributed by atoms with Crippen LogP contribution in [0.15, 0.2) is 0 Å². The van der Waals surface area contributed by atoms with E-state index in [2.05, 4.69) is 22.7 Å². The first kappa shape index (κ1) is 14.1. The number of carbonyl (C=O) groups is 1. The summed E-state index contributed by atoms with van der Waals surface area (Å²) in [6, 6.07) is 0.297. The summed E-state index contributed by atoms with van der Waals surface area (Å²) in [6.45, 7) is 7.95. The number of nitrogens with zero attached hydrogens (tertiary/aromatic N) is 2. The SMILES string of the molecule is Cc1nn(C)c(C)c1CC(C)C(=O)NC1CCNC1. The van der Waals surface area contributed by atoms with Crippen molar-refractivity contribution in [1.29, 1.82) is 0 Å². The lowest BCUT2D eigenvalue weighted by molar-refractivity contribution is -0.125. The molecule has 0 aliphatic carbocycles. The van der Waals surface area contributed by atoms with E-state index in [1.54, 1.807) is 0 Å². The van der Waals surface area contributed by atoms with Gasteiger partial charge in [0.2, 0.25) is 5.91 Å². The second-order valence-electron chi connectivity index (χ2n) is 5.58. The van der Waals surface area contributed by atoms with Crippen LogP contribution in [0.2, 0.25) is 0 Å². The normalized spacial score (nSPS) is 20.5. The summed E-state index contributed by atoms with van der Waals surface area (Å²) >= 11 is 0. The van der Waals surface area contributed by atoms with Crippen LogP contribution in [-0.2, 0) is 18.3 Å². The van der Waals surface area contributed by atoms with Crippen LogP contribution in [0.3, 0.4) is 0 Å². The summed E-state index contributed by atoms with van der Waals surface area (Å²) in [5.41, 5.74) is 3.39. The van der Waals surface area contributed by atoms with Crippen LogP contribution in [0, 0.1) is 19.8 Å². The van der Waals surface area contributed by atoms with Crippen molar-refractivity contribution in [2.24, 2.45) is 13.0 Å². The fourth-order valence-corrected chi connectivity index (χ4v) is 2.63. The molecule has 1 aromatic heterocycles. The molecule has 5 nitrogen and oxygen atoms in total. The maximum atomic E-state index is 12.2. The van der Waals surface area contributed by atoms with Gasteiger partial charge in [0, 0.05) is 31.2 Å². The van der Waals surface area contributed by atoms with E-state index in [0.717, 1.165) is 37.3 Å². The molecule has 2 heterocycles. The Bertz CT molecular complexity index is 460. The highest BCUT2D eigenvalue weighted by molar-refractivity contribution is 5.79. The maximum Gasteiger partial charge on any atom is 0.223 e. The molecule has 5 heteroatoms. The number of rotatable bonds is 4. The Hall–Kier alpha value is -1.36. The average molecular weight is 264 g/mol. The zero-order chi connectivity index (χ0) is 14.0. The number of aromatic nitrogens is 2. The average Bonchev–Trinajstić information content (AvgIpc) is 2.94. The third-order valence-electron chi connectivity index (χ3n) is 4.02. The molecule has 1 aliphatic heterocycles. The summed E-state index contributed by atoms with van der Waals surface area (Å²) in [5.74, 6) is 0.138. The number of amides is 1. The number of nitrogens with one attached hydrogen (secondary N) is 2. The van der Waals surface area contributed by atoms with Crippen molar-refractivity contribution in [3.63, 3.8) is 0 Å². The third-order valence-corrected chi connectivity index (χ3v) is 4.02. The molecule has 0 bridgehead atoms. The van der Waals surface area contributed by atoms with Gasteiger partial charge in [-0.3, -0.25) is 9.48 Å². The number of hydrogen-bond donors (Lipinski definition) is 2. The van der Waals surface area contributed by atoms with Gasteiger partial charge in [0.25, 0.3) is 0 Å². The van der Waals surface area contributed by atoms with Gasteiger partial charge >= 0.3 is 0 Å². The van der Waals surface area contributed by atoms with Crippen LogP contribution in [0.25, 0.3) is 0 Å². The van der Waals surface area contributed by atoms with Gasteiger partial charge in [-0.15, -0.1) is 0 Å². The Morgan fingerprint density at radius 1 is 1.58 bits per heavy atom. The minimum atomic E-state index is -0.0119. The van der Waals surface area contributed by atoms with Crippen molar-refractivity contribution < 1.29 is 4.79 Å². The van der Waals surface area contributed by atoms with E-state index in [9.17, 15) is 4.79 Å². The van der Waals surface area contributed by atoms with Gasteiger partial charge in [0.05, 0.1) is 5.69 Å². The molecule has 0 saturated carbocycles. The van der Waals surface area contributed by atoms with Crippen molar-refractivity contribution in [2.75, 3.05) is 13.1 Å². The van der Waals surface area contributed by atoms with Gasteiger partial charge < -0.3 is 10.6 Å². The minimum absolute atomic E-state index is 0.0119. The standard InChI is InChI=1S/C14H24N4O/c1-9(14(19)16-12-5-6-15-8-12)7-13-10(2)17-18(4)11(13)3/h9,12,15H,5-8H2,1-4H3,(H,16,19). The Morgan fingerprint density at radius 2 is 2.32 bits per heavy atom. The quantitative estimate of drug-likeness (QED) is 0.841. The van der Waals surface area contributed by atoms with E-state index < -0.39 is 0 Å². The molecule has 0 spiro atoms. The van der Waals surface area contributed by atoms with Crippen molar-refractivity contribution in [2.45, 2.75) is 39.7 Å². The molecule has 2 unspecified atom stereocenters. The summed E-state index contributed by atoms with van der Waals surface area (Å²) < 4.78 is 1.89. The molecule has 106 valence electrons. The van der Waals surface area contributed by atoms with Crippen LogP contribution in [0.5, 0.6) is 0 Å². The van der Waals surface area contributed by atoms with Crippen LogP contribution in [-0.4, -0.2) is 34.8 Å². The Kier molecular flexibility index (Phi) is 4.24. The molecule has 0 aromatic carbocycles. The predicted molar refractivity (Wildman–Crippen MR) is 75.0 cm³/mol. The molecule has 0 radical (unpaired) electrons. The van der Waals surface area contributed by atoms with E-state index >= 15 is 0 Å². The molecule has 2 atom stereocenters. The van der Waals surface area contributed by atoms with Crippen LogP contribution in [0.1, 0.15) is 30.3 Å². The van der Waals surface area contributed by atoms with Crippen LogP contribution in [0.4, 0.5) is 0 Å². The molecular weight excluding hydrogens is 240 g/mol. The van der Waals surface area contributed by atoms with E-state index in [1.165, 1.54) is 5.56 Å². The van der Waals surface area contributed by atoms with Gasteiger partial charge in [-0.25, -0.2) is 0 Å². The van der Waals surface area contributed by atoms with Gasteiger partial charge in [0.1, 0.15) is 0 Å². The van der Waals surface area contributed by atoms with Gasteiger partial charge in [-0.05, 0) is 38.8 Å². The first-order valence-corrected chi connectivity index (χ1v) is 6.99. The smallest absolute Gasteiger partial charge is 0.223 e. The van der Waals surface area contributed by atoms with Crippen molar-refractivity contribution in [3.05, 3.63) is 17.0 Å². The fraction of sp³-hybridized carbons (Fsp3) is 0.714. The van der Waals surface area contributed by atoms with E-state index in [0.29, 0.717) is 6.04 Å². The largest absolute Gasteiger partial charge is 0.352 e. The Labute approximate surface area is 114 Å². The second-order valence-corrected chi connectivity index (χ2v) is 5.58. The van der Waals surface area contributed by atoms with Gasteiger partial charge in [-0.2, -0.15) is 5.10 Å². The monoisotopic (exact) mass is 264 g/mol. The lowest BCUT2D eigenvalue weighted by Gasteiger charge is -2.16. The minimum Gasteiger partial charge on any atom is -0.352 e. The number of aryl methyl sites for hydroxylation is 2. The summed E-state index contributed by atoms with van der Waals surface area (Å²) in [6.07, 6.45) is 1.79. The lowest BCUT2D eigenvalue weighted by Crippen LogP contribution is -2.39. The molecule has 1 aromatic rings. The van der Waals surface area contributed by atoms with Gasteiger partial charge in [0.15, 0.2) is 0 Å². The topological polar surface area (TPSA) is 59.0 Å². The molecular formula is C14H24N4O. The molecule has 1 aliphatic rings. The molecule has 2 N–H and O–H groups in total. The zero-order valence-electron chi connectivity index (χ0n) is 12.3. The van der Waals surface area contributed by atoms with Crippen LogP contribution < -0.4 is 10.6 Å². The van der Waals surface area contributed by atoms with Crippen molar-refractivity contribution in [3.8, 4) is 0 Å². The lowest BCUT2D eigenvalue weighted by atomic mass is 9.98. The Morgan fingerprint density at radius 3 is 2.84 bits per heavy atom. The molecule has 2 rings (SSSR count). The summed E-state index contributed by atoms with van der Waals surface area (Å²) in [7, 11) is 1.95. The van der Waals surface area contributed by atoms with E-state index in [-0.39, 0.29) is 11.8 Å². The highest BCUT2D eigenvalue weighted by Crippen LogP contribution is 2.17. The second kappa shape index (κ2) is 5.74. The van der Waals surface area contributed by atoms with Gasteiger partial charge in [-0.1, -0.05) is 6.92 Å².